The van der Waals surface area contributed by atoms with Crippen molar-refractivity contribution in [1.82, 2.24) is 0 Å². The molecule has 0 radical (unpaired) electrons. The van der Waals surface area contributed by atoms with Crippen molar-refractivity contribution in [3.8, 4) is 56.3 Å². The second-order valence-corrected chi connectivity index (χ2v) is 26.0. The Hall–Kier alpha value is -8.15. The highest BCUT2D eigenvalue weighted by atomic mass is 14.9. The molecule has 5 heteroatoms. The number of aryl methyl sites for hydroxylation is 22. The summed E-state index contributed by atoms with van der Waals surface area (Å²) in [5, 5.41) is 0. The molecule has 5 aromatic carbocycles. The first-order valence-corrected chi connectivity index (χ1v) is 32.2. The van der Waals surface area contributed by atoms with E-state index >= 15 is 0 Å². The number of pyridine rings is 5. The minimum absolute atomic E-state index is 0.306. The third-order valence-electron chi connectivity index (χ3n) is 17.7. The minimum atomic E-state index is -2.46. The van der Waals surface area contributed by atoms with E-state index in [0.717, 1.165) is 89.7 Å². The van der Waals surface area contributed by atoms with E-state index in [1.165, 1.54) is 34.6 Å². The van der Waals surface area contributed by atoms with Crippen molar-refractivity contribution in [3.63, 3.8) is 0 Å². The summed E-state index contributed by atoms with van der Waals surface area (Å²) in [5.74, 6) is -8.61. The fourth-order valence-corrected chi connectivity index (χ4v) is 11.6. The average Bonchev–Trinajstić information content (AvgIpc) is 0.764. The molecule has 0 N–H and O–H groups in total. The van der Waals surface area contributed by atoms with Crippen molar-refractivity contribution in [3.05, 3.63) is 263 Å². The summed E-state index contributed by atoms with van der Waals surface area (Å²) < 4.78 is 280. The zero-order valence-electron chi connectivity index (χ0n) is 96.0. The van der Waals surface area contributed by atoms with Gasteiger partial charge in [-0.05, 0) is 289 Å². The lowest BCUT2D eigenvalue weighted by Crippen LogP contribution is -2.31. The van der Waals surface area contributed by atoms with Crippen molar-refractivity contribution >= 4 is 0 Å². The molecular formula is C92H124N5+5. The average molecular weight is 1340 g/mol. The van der Waals surface area contributed by atoms with Gasteiger partial charge >= 0.3 is 0 Å². The van der Waals surface area contributed by atoms with E-state index in [1.807, 2.05) is 88.7 Å². The normalized spacial score (nSPS) is 20.8. The molecule has 0 fully saturated rings. The molecular weight excluding hydrogens is 1180 g/mol. The van der Waals surface area contributed by atoms with Gasteiger partial charge in [0.2, 0.25) is 28.5 Å². The fourth-order valence-electron chi connectivity index (χ4n) is 11.6. The summed E-state index contributed by atoms with van der Waals surface area (Å²) in [6, 6.07) is 31.7. The van der Waals surface area contributed by atoms with Crippen LogP contribution in [-0.2, 0) is 35.2 Å². The number of benzene rings is 5. The maximum atomic E-state index is 8.39. The van der Waals surface area contributed by atoms with Gasteiger partial charge in [-0.15, -0.1) is 0 Å². The number of rotatable bonds is 10. The van der Waals surface area contributed by atoms with E-state index in [2.05, 4.69) is 0 Å². The molecule has 10 rings (SSSR count). The molecule has 512 valence electrons. The Kier molecular flexibility index (Phi) is 14.2. The summed E-state index contributed by atoms with van der Waals surface area (Å²) in [6.45, 7) is 5.67. The van der Waals surface area contributed by atoms with Crippen LogP contribution in [-0.4, -0.2) is 0 Å². The van der Waals surface area contributed by atoms with Gasteiger partial charge in [0, 0.05) is 134 Å². The van der Waals surface area contributed by atoms with E-state index in [4.69, 9.17) is 48.0 Å². The Morgan fingerprint density at radius 1 is 0.247 bits per heavy atom. The van der Waals surface area contributed by atoms with E-state index in [1.54, 1.807) is 193 Å². The Balaban J connectivity index is 0.000000254. The molecule has 5 heterocycles. The Morgan fingerprint density at radius 2 is 0.536 bits per heavy atom. The number of hydrogen-bond donors (Lipinski definition) is 0. The smallest absolute Gasteiger partial charge is 0.201 e. The molecule has 0 bridgehead atoms. The predicted molar refractivity (Wildman–Crippen MR) is 416 cm³/mol. The molecule has 0 spiro atoms. The quantitative estimate of drug-likeness (QED) is 0.122. The van der Waals surface area contributed by atoms with Gasteiger partial charge in [-0.25, -0.2) is 22.8 Å². The highest BCUT2D eigenvalue weighted by Crippen LogP contribution is 2.33. The zero-order chi connectivity index (χ0) is 102. The van der Waals surface area contributed by atoms with Gasteiger partial charge in [0.05, 0.1) is 0 Å². The van der Waals surface area contributed by atoms with Crippen molar-refractivity contribution in [2.75, 3.05) is 0 Å². The van der Waals surface area contributed by atoms with E-state index in [-0.39, 0.29) is 0 Å². The lowest BCUT2D eigenvalue weighted by molar-refractivity contribution is -0.661. The first-order chi connectivity index (χ1) is 59.1. The van der Waals surface area contributed by atoms with Crippen LogP contribution in [0.1, 0.15) is 269 Å². The minimum Gasteiger partial charge on any atom is -0.201 e. The zero-order valence-corrected chi connectivity index (χ0v) is 61.0. The SMILES string of the molecule is [2H]C([2H])([2H])C([2H])(C)c1ccc(-c2cc(C)c(C([2H])(C)C([2H])([2H])[2H])cc2C)[n+](C)c1.[2H]C([2H])([2H])c1c[n+](C)c(-c2cc(C)c(C([2H])(C)C([2H])([2H])[2H])cc2C)cc1C.[2H]C([2H])([2H])c1cc(C)c(-c2cc(C([2H])(C)C([2H])([2H])[2H])cc[n+]2C)cc1C.[2H]C([2H])([2H])c1cc(C)c(-c2cc(C)c(C([2H])([2H])[2H])c[n+]2C)cc1C.[2H]C([2H])([2H])c1cc(C)c(-c2ccc(C([2H])(C)C([2H])([2H])[2H])c[n+]2C)cc1C. The van der Waals surface area contributed by atoms with Gasteiger partial charge in [0.1, 0.15) is 35.2 Å². The second-order valence-electron chi connectivity index (χ2n) is 26.0. The van der Waals surface area contributed by atoms with Crippen LogP contribution in [0.5, 0.6) is 0 Å². The Labute approximate surface area is 639 Å². The van der Waals surface area contributed by atoms with E-state index < -0.39 is 98.0 Å². The highest BCUT2D eigenvalue weighted by molar-refractivity contribution is 5.68. The number of aromatic nitrogens is 5. The fraction of sp³-hybridized carbons (Fsp3) is 0.402. The maximum Gasteiger partial charge on any atom is 0.212 e. The Morgan fingerprint density at radius 3 is 0.866 bits per heavy atom. The molecule has 0 aliphatic heterocycles. The van der Waals surface area contributed by atoms with Gasteiger partial charge in [-0.2, -0.15) is 0 Å². The van der Waals surface area contributed by atoms with Crippen LogP contribution < -0.4 is 22.8 Å². The van der Waals surface area contributed by atoms with Crippen LogP contribution in [0.3, 0.4) is 0 Å². The lowest BCUT2D eigenvalue weighted by Gasteiger charge is -2.14. The van der Waals surface area contributed by atoms with Crippen molar-refractivity contribution < 1.29 is 70.8 Å². The molecule has 0 aliphatic rings. The van der Waals surface area contributed by atoms with Crippen LogP contribution in [0.4, 0.5) is 0 Å². The second kappa shape index (κ2) is 33.4. The van der Waals surface area contributed by atoms with E-state index in [9.17, 15) is 0 Å². The third kappa shape index (κ3) is 19.4. The molecule has 0 saturated heterocycles. The maximum absolute atomic E-state index is 8.39. The van der Waals surface area contributed by atoms with Crippen molar-refractivity contribution in [2.45, 2.75) is 216 Å². The van der Waals surface area contributed by atoms with Crippen LogP contribution in [0, 0.1) is 117 Å². The molecule has 0 aliphatic carbocycles. The monoisotopic (exact) mass is 1330 g/mol. The van der Waals surface area contributed by atoms with Crippen molar-refractivity contribution in [2.24, 2.45) is 35.2 Å². The predicted octanol–water partition coefficient (Wildman–Crippen LogP) is 21.8. The molecule has 0 amide bonds. The van der Waals surface area contributed by atoms with Crippen LogP contribution >= 0.6 is 0 Å². The van der Waals surface area contributed by atoms with Gasteiger partial charge in [-0.1, -0.05) is 99.2 Å². The molecule has 5 aromatic heterocycles. The summed E-state index contributed by atoms with van der Waals surface area (Å²) in [6.07, 6.45) is 8.28. The van der Waals surface area contributed by atoms with Crippen molar-refractivity contribution in [1.29, 1.82) is 0 Å². The summed E-state index contributed by atoms with van der Waals surface area (Å²) in [4.78, 5) is 0. The summed E-state index contributed by atoms with van der Waals surface area (Å²) >= 11 is 0. The van der Waals surface area contributed by atoms with Gasteiger partial charge in [0.15, 0.2) is 31.0 Å². The standard InChI is InChI=1S/C20H28N.C19H26N.2C18H24N.C17H22N/c1-13(2)17-8-9-20(21(7)12-17)19-11-15(5)18(14(3)4)10-16(19)6;1-12(2)17-8-15(5)18(9-14(17)4)19-10-13(3)16(6)11-20(19)7;1-12(2)16-7-8-19(6)18(11-16)17-10-14(4)13(3)9-15(17)5;1-12(2)16-7-8-18(19(6)11-16)17-10-14(4)13(3)9-15(17)5;1-11-7-14(4)16(8-12(11)2)17-9-13(3)15(5)10-18(17)6/h8-14H,1-7H3;8-12H,1-7H3;2*7-12H,1-6H3;7-10H,1-6H3/q5*+1/i1D3,3D3,13D,14D;1D3,6D3,12D;2*1D3,3D3,12D;1D3,5D3. The topological polar surface area (TPSA) is 19.4 Å². The lowest BCUT2D eigenvalue weighted by atomic mass is 9.91. The van der Waals surface area contributed by atoms with Crippen LogP contribution in [0.25, 0.3) is 56.3 Å². The largest absolute Gasteiger partial charge is 0.212 e. The van der Waals surface area contributed by atoms with Crippen LogP contribution in [0.2, 0.25) is 0 Å². The number of nitrogens with zero attached hydrogens (tertiary/aromatic N) is 5. The third-order valence-corrected chi connectivity index (χ3v) is 17.7. The number of hydrogen-bond acceptors (Lipinski definition) is 0. The highest BCUT2D eigenvalue weighted by Gasteiger charge is 2.22. The molecule has 5 nitrogen and oxygen atoms in total. The first kappa shape index (κ1) is 41.3. The Bertz CT molecular complexity index is 5850. The summed E-state index contributed by atoms with van der Waals surface area (Å²) in [7, 11) is 9.01. The molecule has 0 saturated carbocycles. The molecule has 5 unspecified atom stereocenters. The molecule has 97 heavy (non-hydrogen) atoms. The summed E-state index contributed by atoms with van der Waals surface area (Å²) in [5.41, 5.74) is 21.1. The van der Waals surface area contributed by atoms with Gasteiger partial charge < -0.3 is 0 Å². The van der Waals surface area contributed by atoms with E-state index in [0.29, 0.717) is 89.0 Å². The molecule has 5 atom stereocenters. The van der Waals surface area contributed by atoms with Crippen LogP contribution in [0.15, 0.2) is 140 Å². The van der Waals surface area contributed by atoms with Gasteiger partial charge in [-0.3, -0.25) is 0 Å². The molecule has 10 aromatic rings. The van der Waals surface area contributed by atoms with Gasteiger partial charge in [0.25, 0.3) is 0 Å². The first-order valence-electron chi connectivity index (χ1n) is 49.7.